The third-order valence-electron chi connectivity index (χ3n) is 13.8. The molecule has 7 unspecified atom stereocenters. The second kappa shape index (κ2) is 26.2. The average Bonchev–Trinajstić information content (AvgIpc) is 3.33. The first-order valence-electron chi connectivity index (χ1n) is 24.9. The zero-order valence-electron chi connectivity index (χ0n) is 39.5. The van der Waals surface area contributed by atoms with E-state index in [-0.39, 0.29) is 49.7 Å². The number of nitro benzene ring substituents is 1. The first kappa shape index (κ1) is 50.9. The molecule has 0 bridgehead atoms. The van der Waals surface area contributed by atoms with E-state index in [1.54, 1.807) is 36.2 Å². The molecule has 2 aromatic carbocycles. The number of hydrogen-bond acceptors (Lipinski definition) is 12. The Bertz CT molecular complexity index is 1920. The van der Waals surface area contributed by atoms with E-state index < -0.39 is 35.1 Å². The number of oxime groups is 1. The van der Waals surface area contributed by atoms with Crippen molar-refractivity contribution in [1.29, 1.82) is 0 Å². The van der Waals surface area contributed by atoms with Crippen LogP contribution in [0.15, 0.2) is 71.9 Å². The van der Waals surface area contributed by atoms with Crippen LogP contribution in [-0.4, -0.2) is 90.0 Å². The topological polar surface area (TPSA) is 172 Å². The smallest absolute Gasteiger partial charge is 0.409 e. The molecule has 0 aromatic heterocycles. The number of likely N-dealkylation sites (N-methyl/N-ethyl adjacent to an activating group) is 1. The number of aliphatic hydroxyl groups excluding tert-OH is 2. The lowest BCUT2D eigenvalue weighted by Gasteiger charge is -2.59. The van der Waals surface area contributed by atoms with Gasteiger partial charge in [-0.1, -0.05) is 101 Å². The first-order valence-corrected chi connectivity index (χ1v) is 24.9. The number of benzene rings is 2. The number of fused-ring (bicyclic) bond motifs is 2. The quantitative estimate of drug-likeness (QED) is 0.0360. The van der Waals surface area contributed by atoms with Gasteiger partial charge in [-0.3, -0.25) is 10.1 Å². The van der Waals surface area contributed by atoms with Crippen molar-refractivity contribution >= 4 is 17.5 Å². The van der Waals surface area contributed by atoms with Crippen LogP contribution in [0.1, 0.15) is 147 Å². The highest BCUT2D eigenvalue weighted by molar-refractivity contribution is 6.03. The monoisotopic (exact) mass is 918 g/mol. The number of carbonyl (C=O) groups is 1. The maximum Gasteiger partial charge on any atom is 0.409 e. The Morgan fingerprint density at radius 3 is 2.38 bits per heavy atom. The highest BCUT2D eigenvalue weighted by Gasteiger charge is 2.65. The molecule has 364 valence electrons. The third kappa shape index (κ3) is 13.1. The molecular weight excluding hydrogens is 843 g/mol. The van der Waals surface area contributed by atoms with Gasteiger partial charge in [0.05, 0.1) is 42.4 Å². The van der Waals surface area contributed by atoms with Crippen LogP contribution in [0.3, 0.4) is 0 Å². The minimum Gasteiger partial charge on any atom is -0.459 e. The maximum atomic E-state index is 14.3. The van der Waals surface area contributed by atoms with Crippen LogP contribution in [0.2, 0.25) is 0 Å². The van der Waals surface area contributed by atoms with Gasteiger partial charge in [-0.2, -0.15) is 0 Å². The number of hydrogen-bond donors (Lipinski definition) is 2. The number of non-ortho nitro benzene ring substituents is 1. The van der Waals surface area contributed by atoms with E-state index in [0.717, 1.165) is 68.9 Å². The Kier molecular flexibility index (Phi) is 20.2. The fourth-order valence-electron chi connectivity index (χ4n) is 10.5. The molecule has 1 saturated heterocycles. The molecule has 1 amide bonds. The summed E-state index contributed by atoms with van der Waals surface area (Å²) in [4.78, 5) is 33.3. The number of unbranched alkanes of at least 4 members (excludes halogenated alkanes) is 11. The molecule has 2 aromatic rings. The summed E-state index contributed by atoms with van der Waals surface area (Å²) in [5, 5.41) is 36.5. The number of aliphatic hydroxyl groups is 2. The van der Waals surface area contributed by atoms with Gasteiger partial charge in [0.2, 0.25) is 12.1 Å². The summed E-state index contributed by atoms with van der Waals surface area (Å²) < 4.78 is 32.6. The normalized spacial score (nSPS) is 24.9. The highest BCUT2D eigenvalue weighted by Crippen LogP contribution is 2.62. The summed E-state index contributed by atoms with van der Waals surface area (Å²) >= 11 is 0. The van der Waals surface area contributed by atoms with Crippen molar-refractivity contribution in [2.45, 2.75) is 159 Å². The lowest BCUT2D eigenvalue weighted by molar-refractivity contribution is -0.384. The van der Waals surface area contributed by atoms with Gasteiger partial charge in [-0.25, -0.2) is 4.79 Å². The van der Waals surface area contributed by atoms with Gasteiger partial charge in [0, 0.05) is 50.7 Å². The van der Waals surface area contributed by atoms with Gasteiger partial charge in [-0.05, 0) is 86.6 Å². The summed E-state index contributed by atoms with van der Waals surface area (Å²) in [5.74, 6) is -0.824. The van der Waals surface area contributed by atoms with Crippen LogP contribution < -0.4 is 9.47 Å². The Labute approximate surface area is 391 Å². The van der Waals surface area contributed by atoms with Crippen molar-refractivity contribution in [1.82, 2.24) is 4.90 Å². The van der Waals surface area contributed by atoms with Crippen LogP contribution in [0.25, 0.3) is 0 Å². The van der Waals surface area contributed by atoms with E-state index in [2.05, 4.69) is 19.6 Å². The molecule has 2 heterocycles. The second-order valence-corrected chi connectivity index (χ2v) is 18.4. The molecular formula is C52H75N3O11. The lowest BCUT2D eigenvalue weighted by atomic mass is 9.55. The number of nitro groups is 1. The van der Waals surface area contributed by atoms with E-state index in [4.69, 9.17) is 33.7 Å². The van der Waals surface area contributed by atoms with E-state index in [0.29, 0.717) is 55.4 Å². The van der Waals surface area contributed by atoms with Crippen LogP contribution in [-0.2, 0) is 19.0 Å². The molecule has 1 saturated carbocycles. The van der Waals surface area contributed by atoms with Crippen molar-refractivity contribution in [3.05, 3.63) is 82.4 Å². The first-order chi connectivity index (χ1) is 32.2. The second-order valence-electron chi connectivity index (χ2n) is 18.4. The number of carbonyl (C=O) groups excluding carboxylic acids is 1. The van der Waals surface area contributed by atoms with Crippen LogP contribution in [0, 0.1) is 27.9 Å². The largest absolute Gasteiger partial charge is 0.459 e. The van der Waals surface area contributed by atoms with Gasteiger partial charge in [0.25, 0.3) is 5.69 Å². The summed E-state index contributed by atoms with van der Waals surface area (Å²) in [5.41, 5.74) is 2.37. The van der Waals surface area contributed by atoms with E-state index in [9.17, 15) is 25.1 Å². The molecule has 14 nitrogen and oxygen atoms in total. The van der Waals surface area contributed by atoms with Crippen molar-refractivity contribution in [3.8, 4) is 17.2 Å². The fraction of sp³-hybridized carbons (Fsp3) is 0.654. The molecule has 2 aliphatic carbocycles. The molecule has 66 heavy (non-hydrogen) atoms. The highest BCUT2D eigenvalue weighted by atomic mass is 16.8. The number of allylic oxidation sites excluding steroid dienone is 1. The third-order valence-corrected chi connectivity index (χ3v) is 13.8. The molecule has 2 N–H and O–H groups in total. The molecule has 2 aliphatic heterocycles. The lowest BCUT2D eigenvalue weighted by Crippen LogP contribution is -2.69. The van der Waals surface area contributed by atoms with Crippen LogP contribution >= 0.6 is 0 Å². The summed E-state index contributed by atoms with van der Waals surface area (Å²) in [7, 11) is 1.74. The Balaban J connectivity index is 1.39. The fourth-order valence-corrected chi connectivity index (χ4v) is 10.5. The van der Waals surface area contributed by atoms with Gasteiger partial charge in [-0.15, -0.1) is 6.58 Å². The number of ether oxygens (including phenoxy) is 5. The summed E-state index contributed by atoms with van der Waals surface area (Å²) in [6, 6.07) is 11.0. The minimum absolute atomic E-state index is 0.00241. The van der Waals surface area contributed by atoms with E-state index in [1.165, 1.54) is 57.1 Å². The minimum atomic E-state index is -1.43. The van der Waals surface area contributed by atoms with Crippen molar-refractivity contribution < 1.29 is 48.5 Å². The Morgan fingerprint density at radius 2 is 1.68 bits per heavy atom. The van der Waals surface area contributed by atoms with E-state index in [1.807, 2.05) is 12.1 Å². The summed E-state index contributed by atoms with van der Waals surface area (Å²) in [6.07, 6.45) is 22.0. The zero-order valence-corrected chi connectivity index (χ0v) is 39.5. The molecule has 0 radical (unpaired) electrons. The van der Waals surface area contributed by atoms with Gasteiger partial charge >= 0.3 is 6.09 Å². The maximum absolute atomic E-state index is 14.3. The number of nitrogens with zero attached hydrogens (tertiary/aromatic N) is 3. The molecule has 0 spiro atoms. The van der Waals surface area contributed by atoms with E-state index >= 15 is 0 Å². The SMILES string of the molecule is C=CCOC12Oc3ccc(Oc4cccc([N+](=O)[O-])c4)cc3C3C(CCCCO)C(CCCCO)C=C(C(=NOC4CCCCO4)CC1N(C)C(=O)OCCCCCCCCCCCC)C32. The van der Waals surface area contributed by atoms with Crippen LogP contribution in [0.4, 0.5) is 10.5 Å². The van der Waals surface area contributed by atoms with Gasteiger partial charge < -0.3 is 43.6 Å². The molecule has 6 rings (SSSR count). The standard InChI is InChI=1S/C52H75N3O11/c1-4-6-7-8-9-10-11-12-13-19-33-62-51(58)54(3)47-37-45(53-66-48-26-16-20-32-61-48)43-34-38(22-14-17-29-56)42(25-15-18-30-57)49-44-36-41(64-40-24-21-23-39(35-40)55(59)60)27-28-46(44)65-52(47,50(43)49)63-31-5-2/h5,21,23-24,27-28,34-36,38,42,47-50,56-57H,2,4,6-20,22,25-26,29-33,37H2,1,3H3. The number of rotatable bonds is 28. The van der Waals surface area contributed by atoms with Gasteiger partial charge in [0.15, 0.2) is 0 Å². The number of amides is 1. The van der Waals surface area contributed by atoms with Gasteiger partial charge in [0.1, 0.15) is 23.3 Å². The Hall–Kier alpha value is -4.50. The molecule has 4 aliphatic rings. The Morgan fingerprint density at radius 1 is 0.955 bits per heavy atom. The summed E-state index contributed by atoms with van der Waals surface area (Å²) in [6.45, 7) is 7.42. The van der Waals surface area contributed by atoms with Crippen molar-refractivity contribution in [3.63, 3.8) is 0 Å². The van der Waals surface area contributed by atoms with Crippen molar-refractivity contribution in [2.75, 3.05) is 40.1 Å². The molecule has 14 heteroatoms. The molecule has 2 fully saturated rings. The predicted molar refractivity (Wildman–Crippen MR) is 254 cm³/mol. The van der Waals surface area contributed by atoms with Crippen molar-refractivity contribution in [2.24, 2.45) is 22.9 Å². The predicted octanol–water partition coefficient (Wildman–Crippen LogP) is 11.5. The average molecular weight is 918 g/mol. The molecule has 7 atom stereocenters. The zero-order chi connectivity index (χ0) is 46.7. The van der Waals surface area contributed by atoms with Crippen LogP contribution in [0.5, 0.6) is 17.2 Å².